The number of non-ortho nitro benzene ring substituents is 1. The standard InChI is InChI=1S/C36H41N3O5/c1-35(2)17-28-33(30(40)19-35)32(34-29(38(28)14-9-15-44-5)18-36(3,4)20-31(34)41)26-22-37(27-13-7-6-12-25(26)27)21-23-10-8-11-24(16-23)39(42)43/h6-8,10-13,16,22,32H,9,14-15,17-21H2,1-5H3. The number of benzene rings is 2. The van der Waals surface area contributed by atoms with Crippen molar-refractivity contribution in [2.24, 2.45) is 10.8 Å². The van der Waals surface area contributed by atoms with Gasteiger partial charge in [0.15, 0.2) is 11.6 Å². The molecule has 0 fully saturated rings. The van der Waals surface area contributed by atoms with E-state index in [9.17, 15) is 19.7 Å². The number of hydrogen-bond donors (Lipinski definition) is 0. The first-order valence-electron chi connectivity index (χ1n) is 15.5. The smallest absolute Gasteiger partial charge is 0.269 e. The molecule has 0 radical (unpaired) electrons. The van der Waals surface area contributed by atoms with Gasteiger partial charge in [-0.25, -0.2) is 0 Å². The van der Waals surface area contributed by atoms with Crippen LogP contribution in [0.4, 0.5) is 5.69 Å². The van der Waals surface area contributed by atoms with E-state index in [0.29, 0.717) is 32.5 Å². The molecule has 8 nitrogen and oxygen atoms in total. The lowest BCUT2D eigenvalue weighted by atomic mass is 9.63. The van der Waals surface area contributed by atoms with Crippen molar-refractivity contribution in [3.63, 3.8) is 0 Å². The van der Waals surface area contributed by atoms with Crippen molar-refractivity contribution in [1.82, 2.24) is 9.47 Å². The Morgan fingerprint density at radius 2 is 1.55 bits per heavy atom. The lowest BCUT2D eigenvalue weighted by Gasteiger charge is -2.49. The third kappa shape index (κ3) is 5.40. The summed E-state index contributed by atoms with van der Waals surface area (Å²) < 4.78 is 7.51. The first kappa shape index (κ1) is 30.0. The number of hydrogen-bond acceptors (Lipinski definition) is 6. The van der Waals surface area contributed by atoms with E-state index in [1.165, 1.54) is 6.07 Å². The molecule has 2 aromatic carbocycles. The second-order valence-corrected chi connectivity index (χ2v) is 14.2. The van der Waals surface area contributed by atoms with Crippen LogP contribution in [-0.4, -0.2) is 46.2 Å². The molecule has 8 heteroatoms. The van der Waals surface area contributed by atoms with Crippen LogP contribution in [0.2, 0.25) is 0 Å². The number of methoxy groups -OCH3 is 1. The number of aromatic nitrogens is 1. The maximum absolute atomic E-state index is 14.2. The van der Waals surface area contributed by atoms with Gasteiger partial charge >= 0.3 is 0 Å². The predicted octanol–water partition coefficient (Wildman–Crippen LogP) is 7.32. The first-order chi connectivity index (χ1) is 20.9. The minimum Gasteiger partial charge on any atom is -0.385 e. The van der Waals surface area contributed by atoms with Crippen molar-refractivity contribution in [3.05, 3.63) is 98.5 Å². The molecule has 1 aromatic heterocycles. The molecule has 0 N–H and O–H groups in total. The number of carbonyl (C=O) groups is 2. The summed E-state index contributed by atoms with van der Waals surface area (Å²) in [6, 6.07) is 14.8. The SMILES string of the molecule is COCCCN1C2=C(C(=O)CC(C)(C)C2)C(c2cn(Cc3cccc([N+](=O)[O-])c3)c3ccccc23)C2=C1CC(C)(C)CC2=O. The number of ketones is 2. The van der Waals surface area contributed by atoms with Gasteiger partial charge in [-0.05, 0) is 47.3 Å². The number of rotatable bonds is 8. The molecule has 0 amide bonds. The number of nitro groups is 1. The summed E-state index contributed by atoms with van der Waals surface area (Å²) in [7, 11) is 1.70. The molecule has 0 saturated carbocycles. The Labute approximate surface area is 258 Å². The lowest BCUT2D eigenvalue weighted by molar-refractivity contribution is -0.384. The van der Waals surface area contributed by atoms with Crippen molar-refractivity contribution in [2.45, 2.75) is 72.3 Å². The van der Waals surface area contributed by atoms with E-state index < -0.39 is 5.92 Å². The highest BCUT2D eigenvalue weighted by molar-refractivity contribution is 6.08. The van der Waals surface area contributed by atoms with E-state index in [2.05, 4.69) is 49.4 Å². The number of para-hydroxylation sites is 1. The quantitative estimate of drug-likeness (QED) is 0.154. The van der Waals surface area contributed by atoms with Gasteiger partial charge in [0, 0.05) is 97.3 Å². The van der Waals surface area contributed by atoms with Gasteiger partial charge in [-0.3, -0.25) is 19.7 Å². The number of ether oxygens (including phenoxy) is 1. The highest BCUT2D eigenvalue weighted by atomic mass is 16.6. The number of allylic oxidation sites excluding steroid dienone is 4. The fourth-order valence-corrected chi connectivity index (χ4v) is 7.60. The summed E-state index contributed by atoms with van der Waals surface area (Å²) in [5.74, 6) is -0.238. The zero-order valence-electron chi connectivity index (χ0n) is 26.3. The number of carbonyl (C=O) groups excluding carboxylic acids is 2. The van der Waals surface area contributed by atoms with Crippen LogP contribution in [0.15, 0.2) is 77.3 Å². The first-order valence-corrected chi connectivity index (χ1v) is 15.5. The van der Waals surface area contributed by atoms with Crippen molar-refractivity contribution in [2.75, 3.05) is 20.3 Å². The van der Waals surface area contributed by atoms with Crippen LogP contribution in [0.5, 0.6) is 0 Å². The van der Waals surface area contributed by atoms with Crippen LogP contribution in [-0.2, 0) is 20.9 Å². The molecule has 230 valence electrons. The highest BCUT2D eigenvalue weighted by Gasteiger charge is 2.49. The summed E-state index contributed by atoms with van der Waals surface area (Å²) in [6.07, 6.45) is 5.25. The van der Waals surface area contributed by atoms with Gasteiger partial charge in [0.1, 0.15) is 0 Å². The van der Waals surface area contributed by atoms with Gasteiger partial charge in [-0.15, -0.1) is 0 Å². The third-order valence-corrected chi connectivity index (χ3v) is 9.36. The van der Waals surface area contributed by atoms with Crippen LogP contribution in [0, 0.1) is 20.9 Å². The second-order valence-electron chi connectivity index (χ2n) is 14.2. The Bertz CT molecular complexity index is 1690. The molecular formula is C36H41N3O5. The number of fused-ring (bicyclic) bond motifs is 1. The minimum absolute atomic E-state index is 0.0514. The molecule has 0 spiro atoms. The average Bonchev–Trinajstić information content (AvgIpc) is 3.30. The molecule has 0 unspecified atom stereocenters. The number of nitro benzene ring substituents is 1. The van der Waals surface area contributed by atoms with Gasteiger partial charge in [-0.1, -0.05) is 58.0 Å². The Balaban J connectivity index is 1.57. The minimum atomic E-state index is -0.456. The molecule has 3 aliphatic rings. The summed E-state index contributed by atoms with van der Waals surface area (Å²) in [5, 5.41) is 12.5. The van der Waals surface area contributed by atoms with Crippen molar-refractivity contribution in [3.8, 4) is 0 Å². The Morgan fingerprint density at radius 3 is 2.16 bits per heavy atom. The third-order valence-electron chi connectivity index (χ3n) is 9.36. The largest absolute Gasteiger partial charge is 0.385 e. The molecule has 3 aromatic rings. The topological polar surface area (TPSA) is 94.7 Å². The molecule has 0 saturated heterocycles. The highest BCUT2D eigenvalue weighted by Crippen LogP contribution is 2.55. The maximum Gasteiger partial charge on any atom is 0.269 e. The van der Waals surface area contributed by atoms with Crippen LogP contribution < -0.4 is 0 Å². The Hall–Kier alpha value is -4.04. The van der Waals surface area contributed by atoms with E-state index in [1.54, 1.807) is 19.2 Å². The zero-order chi connectivity index (χ0) is 31.4. The molecule has 44 heavy (non-hydrogen) atoms. The van der Waals surface area contributed by atoms with E-state index in [0.717, 1.165) is 63.8 Å². The summed E-state index contributed by atoms with van der Waals surface area (Å²) >= 11 is 0. The van der Waals surface area contributed by atoms with E-state index in [1.807, 2.05) is 24.3 Å². The van der Waals surface area contributed by atoms with Gasteiger partial charge in [0.2, 0.25) is 0 Å². The summed E-state index contributed by atoms with van der Waals surface area (Å²) in [4.78, 5) is 41.9. The molecule has 0 bridgehead atoms. The lowest BCUT2D eigenvalue weighted by Crippen LogP contribution is -2.44. The molecule has 2 aliphatic carbocycles. The van der Waals surface area contributed by atoms with Gasteiger partial charge in [0.05, 0.1) is 4.92 Å². The summed E-state index contributed by atoms with van der Waals surface area (Å²) in [6.45, 7) is 10.3. The monoisotopic (exact) mass is 595 g/mol. The van der Waals surface area contributed by atoms with Crippen molar-refractivity contribution >= 4 is 28.2 Å². The average molecular weight is 596 g/mol. The van der Waals surface area contributed by atoms with Crippen LogP contribution in [0.3, 0.4) is 0 Å². The summed E-state index contributed by atoms with van der Waals surface area (Å²) in [5.41, 5.74) is 6.00. The molecule has 2 heterocycles. The fraction of sp³-hybridized carbons (Fsp3) is 0.444. The molecular weight excluding hydrogens is 554 g/mol. The van der Waals surface area contributed by atoms with Crippen LogP contribution in [0.25, 0.3) is 10.9 Å². The molecule has 6 rings (SSSR count). The molecule has 0 atom stereocenters. The Kier molecular flexibility index (Phi) is 7.60. The Morgan fingerprint density at radius 1 is 0.909 bits per heavy atom. The van der Waals surface area contributed by atoms with Crippen molar-refractivity contribution in [1.29, 1.82) is 0 Å². The maximum atomic E-state index is 14.2. The molecule has 1 aliphatic heterocycles. The van der Waals surface area contributed by atoms with Crippen LogP contribution in [0.1, 0.15) is 76.8 Å². The normalized spacial score (nSPS) is 19.9. The van der Waals surface area contributed by atoms with E-state index >= 15 is 0 Å². The number of nitrogens with zero attached hydrogens (tertiary/aromatic N) is 3. The van der Waals surface area contributed by atoms with Gasteiger partial charge in [-0.2, -0.15) is 0 Å². The van der Waals surface area contributed by atoms with Gasteiger partial charge in [0.25, 0.3) is 5.69 Å². The second kappa shape index (κ2) is 11.1. The van der Waals surface area contributed by atoms with Crippen LogP contribution >= 0.6 is 0 Å². The fourth-order valence-electron chi connectivity index (χ4n) is 7.60. The van der Waals surface area contributed by atoms with Gasteiger partial charge < -0.3 is 14.2 Å². The van der Waals surface area contributed by atoms with E-state index in [-0.39, 0.29) is 33.0 Å². The van der Waals surface area contributed by atoms with E-state index in [4.69, 9.17) is 4.74 Å². The number of Topliss-reactive ketones (excluding diaryl/α,β-unsaturated/α-hetero) is 2. The zero-order valence-corrected chi connectivity index (χ0v) is 26.3. The predicted molar refractivity (Wildman–Crippen MR) is 170 cm³/mol. The van der Waals surface area contributed by atoms with Crippen molar-refractivity contribution < 1.29 is 19.2 Å².